The molecule has 4 rings (SSSR count). The molecule has 0 aromatic carbocycles. The fourth-order valence-electron chi connectivity index (χ4n) is 4.12. The molecule has 2 N–H and O–H groups in total. The number of nitrogens with zero attached hydrogens (tertiary/aromatic N) is 2. The third kappa shape index (κ3) is 2.03. The molecule has 2 aromatic rings. The number of pyridine rings is 1. The van der Waals surface area contributed by atoms with Crippen molar-refractivity contribution in [2.75, 3.05) is 5.73 Å². The average molecular weight is 313 g/mol. The Labute approximate surface area is 136 Å². The SMILES string of the molecule is C=C[C@@]1(C)C[C@@H](n2ccc3c(N)nccc32)[C@@H]2OC(C)(C)O[C@@H]21. The van der Waals surface area contributed by atoms with E-state index in [1.807, 2.05) is 32.1 Å². The van der Waals surface area contributed by atoms with E-state index in [9.17, 15) is 0 Å². The Morgan fingerprint density at radius 3 is 2.87 bits per heavy atom. The topological polar surface area (TPSA) is 62.3 Å². The van der Waals surface area contributed by atoms with Gasteiger partial charge in [-0.05, 0) is 32.4 Å². The van der Waals surface area contributed by atoms with Crippen molar-refractivity contribution in [1.82, 2.24) is 9.55 Å². The molecule has 4 atom stereocenters. The summed E-state index contributed by atoms with van der Waals surface area (Å²) in [4.78, 5) is 4.17. The van der Waals surface area contributed by atoms with Crippen LogP contribution in [-0.2, 0) is 9.47 Å². The van der Waals surface area contributed by atoms with E-state index in [0.717, 1.165) is 17.3 Å². The smallest absolute Gasteiger partial charge is 0.163 e. The number of hydrogen-bond acceptors (Lipinski definition) is 4. The van der Waals surface area contributed by atoms with Crippen molar-refractivity contribution < 1.29 is 9.47 Å². The zero-order valence-corrected chi connectivity index (χ0v) is 13.8. The minimum atomic E-state index is -0.568. The molecule has 1 aliphatic carbocycles. The summed E-state index contributed by atoms with van der Waals surface area (Å²) in [5, 5.41) is 0.981. The number of rotatable bonds is 2. The lowest BCUT2D eigenvalue weighted by Crippen LogP contribution is -2.31. The second-order valence-electron chi connectivity index (χ2n) is 7.35. The summed E-state index contributed by atoms with van der Waals surface area (Å²) >= 11 is 0. The maximum Gasteiger partial charge on any atom is 0.163 e. The fraction of sp³-hybridized carbons (Fsp3) is 0.500. The van der Waals surface area contributed by atoms with Gasteiger partial charge < -0.3 is 19.8 Å². The number of fused-ring (bicyclic) bond motifs is 2. The minimum absolute atomic E-state index is 0.00186. The Morgan fingerprint density at radius 1 is 1.35 bits per heavy atom. The van der Waals surface area contributed by atoms with Crippen molar-refractivity contribution in [2.45, 2.75) is 51.2 Å². The van der Waals surface area contributed by atoms with E-state index in [2.05, 4.69) is 29.3 Å². The molecule has 1 saturated heterocycles. The molecule has 5 nitrogen and oxygen atoms in total. The van der Waals surface area contributed by atoms with Crippen LogP contribution >= 0.6 is 0 Å². The Morgan fingerprint density at radius 2 is 2.13 bits per heavy atom. The third-order valence-electron chi connectivity index (χ3n) is 5.31. The van der Waals surface area contributed by atoms with Crippen LogP contribution in [0.15, 0.2) is 37.2 Å². The summed E-state index contributed by atoms with van der Waals surface area (Å²) in [6, 6.07) is 4.21. The van der Waals surface area contributed by atoms with Gasteiger partial charge in [0, 0.05) is 23.2 Å². The molecular formula is C18H23N3O2. The van der Waals surface area contributed by atoms with Crippen LogP contribution in [0, 0.1) is 5.41 Å². The molecule has 122 valence electrons. The highest BCUT2D eigenvalue weighted by molar-refractivity contribution is 5.89. The van der Waals surface area contributed by atoms with Crippen LogP contribution in [0.5, 0.6) is 0 Å². The first kappa shape index (κ1) is 14.7. The van der Waals surface area contributed by atoms with E-state index in [0.29, 0.717) is 5.82 Å². The van der Waals surface area contributed by atoms with Crippen molar-refractivity contribution >= 4 is 16.7 Å². The molecule has 1 saturated carbocycles. The molecule has 0 unspecified atom stereocenters. The first-order valence-corrected chi connectivity index (χ1v) is 8.05. The second-order valence-corrected chi connectivity index (χ2v) is 7.35. The van der Waals surface area contributed by atoms with Crippen LogP contribution in [0.25, 0.3) is 10.9 Å². The van der Waals surface area contributed by atoms with Gasteiger partial charge in [-0.15, -0.1) is 6.58 Å². The van der Waals surface area contributed by atoms with Crippen molar-refractivity contribution in [1.29, 1.82) is 0 Å². The van der Waals surface area contributed by atoms with Gasteiger partial charge in [-0.3, -0.25) is 0 Å². The minimum Gasteiger partial charge on any atom is -0.383 e. The lowest BCUT2D eigenvalue weighted by Gasteiger charge is -2.28. The predicted molar refractivity (Wildman–Crippen MR) is 89.9 cm³/mol. The van der Waals surface area contributed by atoms with Crippen LogP contribution in [0.3, 0.4) is 0 Å². The van der Waals surface area contributed by atoms with Gasteiger partial charge in [0.05, 0.1) is 17.7 Å². The molecule has 0 bridgehead atoms. The lowest BCUT2D eigenvalue weighted by molar-refractivity contribution is -0.164. The molecule has 0 spiro atoms. The zero-order valence-electron chi connectivity index (χ0n) is 13.8. The molecule has 0 radical (unpaired) electrons. The lowest BCUT2D eigenvalue weighted by atomic mass is 9.86. The maximum atomic E-state index is 6.25. The maximum absolute atomic E-state index is 6.25. The number of aromatic nitrogens is 2. The summed E-state index contributed by atoms with van der Waals surface area (Å²) in [6.45, 7) is 10.2. The quantitative estimate of drug-likeness (QED) is 0.864. The van der Waals surface area contributed by atoms with Gasteiger partial charge in [0.1, 0.15) is 11.9 Å². The van der Waals surface area contributed by atoms with Crippen LogP contribution < -0.4 is 5.73 Å². The largest absolute Gasteiger partial charge is 0.383 e. The van der Waals surface area contributed by atoms with Crippen molar-refractivity contribution in [3.05, 3.63) is 37.2 Å². The molecule has 0 amide bonds. The highest BCUT2D eigenvalue weighted by atomic mass is 16.8. The van der Waals surface area contributed by atoms with E-state index in [1.165, 1.54) is 0 Å². The first-order chi connectivity index (χ1) is 10.8. The van der Waals surface area contributed by atoms with Crippen LogP contribution in [0.1, 0.15) is 33.2 Å². The summed E-state index contributed by atoms with van der Waals surface area (Å²) in [6.07, 6.45) is 6.77. The Hall–Kier alpha value is -1.85. The molecule has 23 heavy (non-hydrogen) atoms. The van der Waals surface area contributed by atoms with Gasteiger partial charge in [0.2, 0.25) is 0 Å². The van der Waals surface area contributed by atoms with Gasteiger partial charge in [-0.25, -0.2) is 4.98 Å². The number of nitrogen functional groups attached to an aromatic ring is 1. The van der Waals surface area contributed by atoms with E-state index in [-0.39, 0.29) is 23.7 Å². The Bertz CT molecular complexity index is 782. The number of anilines is 1. The molecule has 1 aliphatic heterocycles. The molecule has 2 aromatic heterocycles. The summed E-state index contributed by atoms with van der Waals surface area (Å²) in [5.74, 6) is -0.00635. The van der Waals surface area contributed by atoms with E-state index >= 15 is 0 Å². The molecule has 2 aliphatic rings. The van der Waals surface area contributed by atoms with Gasteiger partial charge in [-0.1, -0.05) is 13.0 Å². The standard InChI is InChI=1S/C18H23N3O2/c1-5-18(4)10-13(14-15(18)23-17(2,3)22-14)21-9-7-11-12(21)6-8-20-16(11)19/h5-9,13-15H,1,10H2,2-4H3,(H2,19,20)/t13-,14+,15+,18+/m1/s1. The van der Waals surface area contributed by atoms with Crippen molar-refractivity contribution in [3.8, 4) is 0 Å². The van der Waals surface area contributed by atoms with Gasteiger partial charge >= 0.3 is 0 Å². The highest BCUT2D eigenvalue weighted by Gasteiger charge is 2.58. The van der Waals surface area contributed by atoms with Gasteiger partial charge in [0.15, 0.2) is 5.79 Å². The van der Waals surface area contributed by atoms with Crippen LogP contribution in [-0.4, -0.2) is 27.5 Å². The van der Waals surface area contributed by atoms with Crippen molar-refractivity contribution in [3.63, 3.8) is 0 Å². The zero-order chi connectivity index (χ0) is 16.4. The molecule has 5 heteroatoms. The summed E-state index contributed by atoms with van der Waals surface area (Å²) in [7, 11) is 0. The van der Waals surface area contributed by atoms with E-state index in [4.69, 9.17) is 15.2 Å². The Kier molecular flexibility index (Phi) is 2.93. The number of ether oxygens (including phenoxy) is 2. The monoisotopic (exact) mass is 313 g/mol. The Balaban J connectivity index is 1.82. The highest BCUT2D eigenvalue weighted by Crippen LogP contribution is 2.54. The normalized spacial score (nSPS) is 35.5. The summed E-state index contributed by atoms with van der Waals surface area (Å²) < 4.78 is 14.7. The van der Waals surface area contributed by atoms with Gasteiger partial charge in [-0.2, -0.15) is 0 Å². The first-order valence-electron chi connectivity index (χ1n) is 8.05. The van der Waals surface area contributed by atoms with E-state index in [1.54, 1.807) is 6.20 Å². The fourth-order valence-corrected chi connectivity index (χ4v) is 4.12. The van der Waals surface area contributed by atoms with Crippen molar-refractivity contribution in [2.24, 2.45) is 5.41 Å². The second kappa shape index (κ2) is 4.58. The predicted octanol–water partition coefficient (Wildman–Crippen LogP) is 3.28. The molecule has 2 fully saturated rings. The van der Waals surface area contributed by atoms with Crippen LogP contribution in [0.4, 0.5) is 5.82 Å². The number of hydrogen-bond donors (Lipinski definition) is 1. The molecular weight excluding hydrogens is 290 g/mol. The summed E-state index contributed by atoms with van der Waals surface area (Å²) in [5.41, 5.74) is 6.97. The number of nitrogens with two attached hydrogens (primary N) is 1. The average Bonchev–Trinajstić information content (AvgIpc) is 3.12. The third-order valence-corrected chi connectivity index (χ3v) is 5.31. The van der Waals surface area contributed by atoms with Gasteiger partial charge in [0.25, 0.3) is 0 Å². The van der Waals surface area contributed by atoms with Crippen LogP contribution in [0.2, 0.25) is 0 Å². The molecule has 3 heterocycles. The van der Waals surface area contributed by atoms with E-state index < -0.39 is 5.79 Å².